The fourth-order valence-electron chi connectivity index (χ4n) is 8.06. The van der Waals surface area contributed by atoms with Gasteiger partial charge in [0.2, 0.25) is 0 Å². The van der Waals surface area contributed by atoms with Gasteiger partial charge in [0.05, 0.1) is 28.6 Å². The zero-order chi connectivity index (χ0) is 29.8. The molecule has 0 unspecified atom stereocenters. The summed E-state index contributed by atoms with van der Waals surface area (Å²) in [6.45, 7) is 9.39. The Hall–Kier alpha value is -5.15. The molecule has 212 valence electrons. The molecule has 0 amide bonds. The maximum atomic E-state index is 4.53. The Morgan fingerprint density at radius 1 is 0.545 bits per heavy atom. The van der Waals surface area contributed by atoms with E-state index in [0.29, 0.717) is 0 Å². The summed E-state index contributed by atoms with van der Waals surface area (Å²) in [6.07, 6.45) is 3.81. The van der Waals surface area contributed by atoms with Gasteiger partial charge in [0.1, 0.15) is 0 Å². The summed E-state index contributed by atoms with van der Waals surface area (Å²) in [6, 6.07) is 42.6. The Labute approximate surface area is 258 Å². The second kappa shape index (κ2) is 8.70. The van der Waals surface area contributed by atoms with Crippen molar-refractivity contribution in [3.63, 3.8) is 0 Å². The average Bonchev–Trinajstić information content (AvgIpc) is 3.50. The first-order valence-corrected chi connectivity index (χ1v) is 15.5. The smallest absolute Gasteiger partial charge is 0.0644 e. The van der Waals surface area contributed by atoms with Gasteiger partial charge in [-0.05, 0) is 81.9 Å². The van der Waals surface area contributed by atoms with Crippen LogP contribution in [0.3, 0.4) is 0 Å². The number of nitrogens with zero attached hydrogens (tertiary/aromatic N) is 3. The maximum Gasteiger partial charge on any atom is 0.0644 e. The Kier molecular flexibility index (Phi) is 5.02. The summed E-state index contributed by atoms with van der Waals surface area (Å²) in [5, 5.41) is 2.55. The van der Waals surface area contributed by atoms with Gasteiger partial charge in [0.15, 0.2) is 0 Å². The van der Waals surface area contributed by atoms with Gasteiger partial charge in [-0.2, -0.15) is 0 Å². The molecule has 9 rings (SSSR count). The number of aromatic nitrogens is 2. The van der Waals surface area contributed by atoms with Crippen molar-refractivity contribution < 1.29 is 0 Å². The van der Waals surface area contributed by atoms with Crippen molar-refractivity contribution in [2.24, 2.45) is 0 Å². The predicted molar refractivity (Wildman–Crippen MR) is 183 cm³/mol. The first-order chi connectivity index (χ1) is 21.4. The number of fused-ring (bicyclic) bond motifs is 8. The fraction of sp³-hybridized carbons (Fsp3) is 0.146. The first kappa shape index (κ1) is 25.4. The highest BCUT2D eigenvalue weighted by Gasteiger charge is 2.37. The molecule has 0 atom stereocenters. The first-order valence-electron chi connectivity index (χ1n) is 15.5. The van der Waals surface area contributed by atoms with Gasteiger partial charge < -0.3 is 9.47 Å². The molecule has 0 spiro atoms. The van der Waals surface area contributed by atoms with Crippen molar-refractivity contribution in [3.8, 4) is 16.8 Å². The van der Waals surface area contributed by atoms with Crippen LogP contribution in [-0.4, -0.2) is 9.55 Å². The van der Waals surface area contributed by atoms with Gasteiger partial charge >= 0.3 is 0 Å². The SMILES string of the molecule is CC1(C)c2ccccc2-c2ccc(N(c3cccnc3)c3ccc4c(c3)c3cccc5c3n4-c3ccccc3C5(C)C)cc21. The molecule has 44 heavy (non-hydrogen) atoms. The van der Waals surface area contributed by atoms with Crippen molar-refractivity contribution in [1.29, 1.82) is 0 Å². The third-order valence-electron chi connectivity index (χ3n) is 10.3. The monoisotopic (exact) mass is 567 g/mol. The fourth-order valence-corrected chi connectivity index (χ4v) is 8.06. The summed E-state index contributed by atoms with van der Waals surface area (Å²) >= 11 is 0. The molecule has 3 nitrogen and oxygen atoms in total. The van der Waals surface area contributed by atoms with Gasteiger partial charge in [-0.15, -0.1) is 0 Å². The van der Waals surface area contributed by atoms with Gasteiger partial charge in [-0.3, -0.25) is 4.98 Å². The summed E-state index contributed by atoms with van der Waals surface area (Å²) in [5.74, 6) is 0. The minimum Gasteiger partial charge on any atom is -0.309 e. The Bertz CT molecular complexity index is 2290. The lowest BCUT2D eigenvalue weighted by Crippen LogP contribution is -2.26. The minimum atomic E-state index is -0.0835. The van der Waals surface area contributed by atoms with Crippen molar-refractivity contribution >= 4 is 38.9 Å². The highest BCUT2D eigenvalue weighted by atomic mass is 15.1. The minimum absolute atomic E-state index is 0.0776. The molecule has 2 aromatic heterocycles. The van der Waals surface area contributed by atoms with Crippen molar-refractivity contribution in [1.82, 2.24) is 9.55 Å². The number of anilines is 3. The third-order valence-corrected chi connectivity index (χ3v) is 10.3. The van der Waals surface area contributed by atoms with E-state index in [-0.39, 0.29) is 10.8 Å². The Balaban J connectivity index is 1.29. The van der Waals surface area contributed by atoms with E-state index in [1.165, 1.54) is 60.9 Å². The van der Waals surface area contributed by atoms with E-state index in [9.17, 15) is 0 Å². The Morgan fingerprint density at radius 3 is 2.09 bits per heavy atom. The van der Waals surface area contributed by atoms with Crippen LogP contribution in [0.1, 0.15) is 49.9 Å². The van der Waals surface area contributed by atoms with Crippen molar-refractivity contribution in [2.75, 3.05) is 4.90 Å². The van der Waals surface area contributed by atoms with Gasteiger partial charge in [-0.25, -0.2) is 0 Å². The molecule has 2 aliphatic rings. The quantitative estimate of drug-likeness (QED) is 0.212. The molecule has 5 aromatic carbocycles. The molecule has 3 heterocycles. The lowest BCUT2D eigenvalue weighted by atomic mass is 9.75. The topological polar surface area (TPSA) is 21.1 Å². The molecule has 0 saturated carbocycles. The molecular weight excluding hydrogens is 534 g/mol. The Morgan fingerprint density at radius 2 is 1.25 bits per heavy atom. The van der Waals surface area contributed by atoms with Crippen LogP contribution in [-0.2, 0) is 10.8 Å². The zero-order valence-electron chi connectivity index (χ0n) is 25.5. The molecule has 3 heteroatoms. The second-order valence-corrected chi connectivity index (χ2v) is 13.3. The van der Waals surface area contributed by atoms with Crippen LogP contribution in [0.5, 0.6) is 0 Å². The number of hydrogen-bond donors (Lipinski definition) is 0. The summed E-state index contributed by atoms with van der Waals surface area (Å²) in [5.41, 5.74) is 15.1. The molecule has 0 bridgehead atoms. The molecular formula is C41H33N3. The summed E-state index contributed by atoms with van der Waals surface area (Å²) in [4.78, 5) is 6.89. The van der Waals surface area contributed by atoms with Gasteiger partial charge in [-0.1, -0.05) is 94.4 Å². The predicted octanol–water partition coefficient (Wildman–Crippen LogP) is 10.6. The van der Waals surface area contributed by atoms with Crippen LogP contribution < -0.4 is 4.90 Å². The normalized spacial score (nSPS) is 15.2. The third kappa shape index (κ3) is 3.24. The van der Waals surface area contributed by atoms with E-state index in [4.69, 9.17) is 0 Å². The van der Waals surface area contributed by atoms with E-state index in [1.54, 1.807) is 0 Å². The molecule has 1 aliphatic carbocycles. The van der Waals surface area contributed by atoms with Gasteiger partial charge in [0, 0.05) is 39.2 Å². The highest BCUT2D eigenvalue weighted by molar-refractivity contribution is 6.12. The van der Waals surface area contributed by atoms with Crippen molar-refractivity contribution in [2.45, 2.75) is 38.5 Å². The van der Waals surface area contributed by atoms with Crippen LogP contribution in [0.25, 0.3) is 38.6 Å². The van der Waals surface area contributed by atoms with Crippen LogP contribution in [0, 0.1) is 0 Å². The van der Waals surface area contributed by atoms with Crippen LogP contribution in [0.2, 0.25) is 0 Å². The number of para-hydroxylation sites is 2. The molecule has 0 radical (unpaired) electrons. The van der Waals surface area contributed by atoms with E-state index in [2.05, 4.69) is 151 Å². The highest BCUT2D eigenvalue weighted by Crippen LogP contribution is 2.51. The lowest BCUT2D eigenvalue weighted by molar-refractivity contribution is 0.630. The standard InChI is InChI=1S/C41H33N3/c1-40(2)33-14-6-5-12-29(33)30-20-18-27(24-36(30)40)43(28-11-10-22-42-25-28)26-19-21-37-32(23-26)31-13-9-16-35-39(31)44(37)38-17-8-7-15-34(38)41(35,3)4/h5-25H,1-4H3. The molecule has 7 aromatic rings. The second-order valence-electron chi connectivity index (χ2n) is 13.3. The van der Waals surface area contributed by atoms with E-state index in [0.717, 1.165) is 17.1 Å². The van der Waals surface area contributed by atoms with E-state index in [1.807, 2.05) is 18.5 Å². The van der Waals surface area contributed by atoms with Crippen LogP contribution >= 0.6 is 0 Å². The maximum absolute atomic E-state index is 4.53. The largest absolute Gasteiger partial charge is 0.309 e. The number of rotatable bonds is 3. The van der Waals surface area contributed by atoms with Crippen LogP contribution in [0.15, 0.2) is 128 Å². The van der Waals surface area contributed by atoms with E-state index < -0.39 is 0 Å². The molecule has 0 fully saturated rings. The number of pyridine rings is 1. The van der Waals surface area contributed by atoms with Gasteiger partial charge in [0.25, 0.3) is 0 Å². The zero-order valence-corrected chi connectivity index (χ0v) is 25.5. The summed E-state index contributed by atoms with van der Waals surface area (Å²) in [7, 11) is 0. The lowest BCUT2D eigenvalue weighted by Gasteiger charge is -2.34. The number of benzene rings is 5. The molecule has 0 N–H and O–H groups in total. The summed E-state index contributed by atoms with van der Waals surface area (Å²) < 4.78 is 2.48. The molecule has 1 aliphatic heterocycles. The molecule has 0 saturated heterocycles. The van der Waals surface area contributed by atoms with Crippen LogP contribution in [0.4, 0.5) is 17.1 Å². The van der Waals surface area contributed by atoms with Crippen molar-refractivity contribution in [3.05, 3.63) is 150 Å². The average molecular weight is 568 g/mol. The van der Waals surface area contributed by atoms with E-state index >= 15 is 0 Å². The number of hydrogen-bond acceptors (Lipinski definition) is 2.